The molecule has 1 aliphatic heterocycles. The van der Waals surface area contributed by atoms with Gasteiger partial charge < -0.3 is 4.74 Å². The maximum Gasteiger partial charge on any atom is 0.208 e. The molecule has 7 heteroatoms. The number of nitrogens with one attached hydrogen (secondary N) is 1. The van der Waals surface area contributed by atoms with Gasteiger partial charge in [-0.05, 0) is 31.5 Å². The van der Waals surface area contributed by atoms with E-state index in [-0.39, 0.29) is 11.6 Å². The van der Waals surface area contributed by atoms with Crippen molar-refractivity contribution < 1.29 is 13.2 Å². The zero-order chi connectivity index (χ0) is 16.4. The number of morpholine rings is 1. The van der Waals surface area contributed by atoms with Gasteiger partial charge in [-0.1, -0.05) is 23.7 Å². The molecule has 2 rings (SSSR count). The molecule has 0 aliphatic carbocycles. The van der Waals surface area contributed by atoms with E-state index in [1.807, 2.05) is 38.1 Å². The smallest absolute Gasteiger partial charge is 0.208 e. The zero-order valence-corrected chi connectivity index (χ0v) is 14.7. The predicted molar refractivity (Wildman–Crippen MR) is 88.6 cm³/mol. The Balaban J connectivity index is 2.22. The highest BCUT2D eigenvalue weighted by Gasteiger charge is 2.32. The summed E-state index contributed by atoms with van der Waals surface area (Å²) in [5, 5.41) is 0.667. The van der Waals surface area contributed by atoms with E-state index in [2.05, 4.69) is 9.62 Å². The number of sulfonamides is 1. The molecular weight excluding hydrogens is 324 g/mol. The quantitative estimate of drug-likeness (QED) is 0.886. The third-order valence-corrected chi connectivity index (χ3v) is 4.63. The van der Waals surface area contributed by atoms with Gasteiger partial charge in [-0.15, -0.1) is 0 Å². The van der Waals surface area contributed by atoms with E-state index < -0.39 is 10.0 Å². The summed E-state index contributed by atoms with van der Waals surface area (Å²) in [4.78, 5) is 2.25. The predicted octanol–water partition coefficient (Wildman–Crippen LogP) is 2.04. The molecule has 1 fully saturated rings. The lowest BCUT2D eigenvalue weighted by atomic mass is 10.0. The van der Waals surface area contributed by atoms with Crippen molar-refractivity contribution in [1.82, 2.24) is 9.62 Å². The van der Waals surface area contributed by atoms with Gasteiger partial charge in [-0.2, -0.15) is 0 Å². The van der Waals surface area contributed by atoms with E-state index >= 15 is 0 Å². The first-order chi connectivity index (χ1) is 10.2. The lowest BCUT2D eigenvalue weighted by Crippen LogP contribution is -2.51. The van der Waals surface area contributed by atoms with Crippen molar-refractivity contribution in [3.05, 3.63) is 34.9 Å². The average molecular weight is 347 g/mol. The van der Waals surface area contributed by atoms with Crippen LogP contribution in [-0.4, -0.2) is 51.4 Å². The summed E-state index contributed by atoms with van der Waals surface area (Å²) >= 11 is 5.95. The van der Waals surface area contributed by atoms with Crippen LogP contribution in [0.15, 0.2) is 24.3 Å². The van der Waals surface area contributed by atoms with E-state index in [1.54, 1.807) is 0 Å². The van der Waals surface area contributed by atoms with Crippen LogP contribution in [0.3, 0.4) is 0 Å². The van der Waals surface area contributed by atoms with Gasteiger partial charge in [0.25, 0.3) is 0 Å². The van der Waals surface area contributed by atoms with E-state index in [0.29, 0.717) is 18.2 Å². The standard InChI is InChI=1S/C15H23ClN2O3S/c1-15(2)11-18(8-9-21-15)14(10-17-22(3,19)20)12-4-6-13(16)7-5-12/h4-7,14,17H,8-11H2,1-3H3/t14-/m1/s1. The maximum atomic E-state index is 11.5. The molecule has 1 atom stereocenters. The molecule has 0 unspecified atom stereocenters. The second kappa shape index (κ2) is 6.84. The lowest BCUT2D eigenvalue weighted by molar-refractivity contribution is -0.0970. The monoisotopic (exact) mass is 346 g/mol. The van der Waals surface area contributed by atoms with Gasteiger partial charge >= 0.3 is 0 Å². The van der Waals surface area contributed by atoms with Crippen LogP contribution < -0.4 is 4.72 Å². The molecule has 0 amide bonds. The highest BCUT2D eigenvalue weighted by molar-refractivity contribution is 7.88. The maximum absolute atomic E-state index is 11.5. The zero-order valence-electron chi connectivity index (χ0n) is 13.2. The Kier molecular flexibility index (Phi) is 5.50. The van der Waals surface area contributed by atoms with E-state index in [0.717, 1.165) is 18.7 Å². The van der Waals surface area contributed by atoms with Crippen molar-refractivity contribution in [2.75, 3.05) is 32.5 Å². The van der Waals surface area contributed by atoms with Gasteiger partial charge in [-0.25, -0.2) is 13.1 Å². The fourth-order valence-corrected chi connectivity index (χ4v) is 3.28. The highest BCUT2D eigenvalue weighted by Crippen LogP contribution is 2.27. The molecule has 1 saturated heterocycles. The molecule has 0 spiro atoms. The number of ether oxygens (including phenoxy) is 1. The van der Waals surface area contributed by atoms with Crippen molar-refractivity contribution in [3.63, 3.8) is 0 Å². The SMILES string of the molecule is CC1(C)CN([C@H](CNS(C)(=O)=O)c2ccc(Cl)cc2)CCO1. The number of hydrogen-bond donors (Lipinski definition) is 1. The molecule has 124 valence electrons. The van der Waals surface area contributed by atoms with E-state index in [4.69, 9.17) is 16.3 Å². The van der Waals surface area contributed by atoms with Crippen LogP contribution in [0.25, 0.3) is 0 Å². The molecule has 5 nitrogen and oxygen atoms in total. The summed E-state index contributed by atoms with van der Waals surface area (Å²) in [6.07, 6.45) is 1.18. The van der Waals surface area contributed by atoms with Gasteiger partial charge in [0, 0.05) is 30.7 Å². The van der Waals surface area contributed by atoms with Crippen molar-refractivity contribution >= 4 is 21.6 Å². The first kappa shape index (κ1) is 17.7. The van der Waals surface area contributed by atoms with Crippen molar-refractivity contribution in [1.29, 1.82) is 0 Å². The third kappa shape index (κ3) is 5.21. The summed E-state index contributed by atoms with van der Waals surface area (Å²) in [6, 6.07) is 7.50. The number of rotatable bonds is 5. The van der Waals surface area contributed by atoms with Crippen LogP contribution in [0, 0.1) is 0 Å². The molecule has 1 N–H and O–H groups in total. The topological polar surface area (TPSA) is 58.6 Å². The summed E-state index contributed by atoms with van der Waals surface area (Å²) < 4.78 is 31.3. The molecule has 0 bridgehead atoms. The van der Waals surface area contributed by atoms with Crippen molar-refractivity contribution in [2.45, 2.75) is 25.5 Å². The first-order valence-electron chi connectivity index (χ1n) is 7.24. The van der Waals surface area contributed by atoms with Gasteiger partial charge in [-0.3, -0.25) is 4.90 Å². The Morgan fingerprint density at radius 3 is 2.55 bits per heavy atom. The number of hydrogen-bond acceptors (Lipinski definition) is 4. The highest BCUT2D eigenvalue weighted by atomic mass is 35.5. The largest absolute Gasteiger partial charge is 0.373 e. The van der Waals surface area contributed by atoms with Gasteiger partial charge in [0.15, 0.2) is 0 Å². The fourth-order valence-electron chi connectivity index (χ4n) is 2.69. The average Bonchev–Trinajstić information content (AvgIpc) is 2.38. The van der Waals surface area contributed by atoms with E-state index in [1.165, 1.54) is 6.26 Å². The van der Waals surface area contributed by atoms with Crippen LogP contribution in [0.1, 0.15) is 25.5 Å². The molecular formula is C15H23ClN2O3S. The Morgan fingerprint density at radius 1 is 1.36 bits per heavy atom. The summed E-state index contributed by atoms with van der Waals surface area (Å²) in [5.41, 5.74) is 0.798. The molecule has 1 heterocycles. The fraction of sp³-hybridized carbons (Fsp3) is 0.600. The van der Waals surface area contributed by atoms with Crippen LogP contribution >= 0.6 is 11.6 Å². The molecule has 22 heavy (non-hydrogen) atoms. The van der Waals surface area contributed by atoms with Crippen LogP contribution in [0.4, 0.5) is 0 Å². The number of benzene rings is 1. The van der Waals surface area contributed by atoms with Crippen molar-refractivity contribution in [3.8, 4) is 0 Å². The number of nitrogens with zero attached hydrogens (tertiary/aromatic N) is 1. The normalized spacial score (nSPS) is 20.7. The summed E-state index contributed by atoms with van der Waals surface area (Å²) in [6.45, 7) is 6.56. The first-order valence-corrected chi connectivity index (χ1v) is 9.51. The lowest BCUT2D eigenvalue weighted by Gasteiger charge is -2.42. The molecule has 0 radical (unpaired) electrons. The minimum atomic E-state index is -3.24. The molecule has 0 saturated carbocycles. The molecule has 1 aromatic carbocycles. The summed E-state index contributed by atoms with van der Waals surface area (Å²) in [5.74, 6) is 0. The third-order valence-electron chi connectivity index (χ3n) is 3.69. The Morgan fingerprint density at radius 2 is 2.00 bits per heavy atom. The van der Waals surface area contributed by atoms with Crippen LogP contribution in [-0.2, 0) is 14.8 Å². The second-order valence-corrected chi connectivity index (χ2v) is 8.54. The van der Waals surface area contributed by atoms with Crippen LogP contribution in [0.2, 0.25) is 5.02 Å². The summed E-state index contributed by atoms with van der Waals surface area (Å²) in [7, 11) is -3.24. The van der Waals surface area contributed by atoms with Gasteiger partial charge in [0.2, 0.25) is 10.0 Å². The Labute approximate surface area is 137 Å². The van der Waals surface area contributed by atoms with E-state index in [9.17, 15) is 8.42 Å². The Bertz CT molecular complexity index is 602. The minimum Gasteiger partial charge on any atom is -0.373 e. The Hall–Kier alpha value is -0.660. The second-order valence-electron chi connectivity index (χ2n) is 6.27. The number of halogens is 1. The molecule has 0 aromatic heterocycles. The molecule has 1 aliphatic rings. The van der Waals surface area contributed by atoms with Gasteiger partial charge in [0.1, 0.15) is 0 Å². The minimum absolute atomic E-state index is 0.0461. The van der Waals surface area contributed by atoms with Crippen LogP contribution in [0.5, 0.6) is 0 Å². The van der Waals surface area contributed by atoms with Crippen molar-refractivity contribution in [2.24, 2.45) is 0 Å². The van der Waals surface area contributed by atoms with Gasteiger partial charge in [0.05, 0.1) is 18.5 Å². The molecule has 1 aromatic rings.